The molecule has 2 rings (SSSR count). The zero-order chi connectivity index (χ0) is 15.1. The van der Waals surface area contributed by atoms with Crippen molar-refractivity contribution in [2.75, 3.05) is 6.61 Å². The summed E-state index contributed by atoms with van der Waals surface area (Å²) in [7, 11) is 0. The van der Waals surface area contributed by atoms with Gasteiger partial charge in [0.15, 0.2) is 0 Å². The van der Waals surface area contributed by atoms with Crippen molar-refractivity contribution >= 4 is 17.6 Å². The highest BCUT2D eigenvalue weighted by molar-refractivity contribution is 6.31. The second-order valence-corrected chi connectivity index (χ2v) is 5.14. The van der Waals surface area contributed by atoms with Crippen LogP contribution in [0.5, 0.6) is 5.75 Å². The Morgan fingerprint density at radius 1 is 1.10 bits per heavy atom. The van der Waals surface area contributed by atoms with Crippen molar-refractivity contribution < 1.29 is 14.6 Å². The number of halogens is 1. The summed E-state index contributed by atoms with van der Waals surface area (Å²) in [5.41, 5.74) is 1.95. The number of ether oxygens (including phenoxy) is 1. The third-order valence-corrected chi connectivity index (χ3v) is 3.48. The number of rotatable bonds is 7. The van der Waals surface area contributed by atoms with E-state index in [0.29, 0.717) is 18.1 Å². The zero-order valence-corrected chi connectivity index (χ0v) is 12.3. The van der Waals surface area contributed by atoms with Gasteiger partial charge >= 0.3 is 5.97 Å². The van der Waals surface area contributed by atoms with Crippen LogP contribution < -0.4 is 4.74 Å². The molecular formula is C17H17ClO3. The molecule has 0 radical (unpaired) electrons. The molecule has 110 valence electrons. The molecule has 0 unspecified atom stereocenters. The number of para-hydroxylation sites is 1. The standard InChI is InChI=1S/C17H17ClO3/c18-16-12-13(6-7-14(16)8-9-17(19)20)10-11-21-15-4-2-1-3-5-15/h1-7,12H,8-11H2,(H,19,20). The quantitative estimate of drug-likeness (QED) is 0.841. The number of aliphatic carboxylic acids is 1. The smallest absolute Gasteiger partial charge is 0.303 e. The van der Waals surface area contributed by atoms with Gasteiger partial charge in [-0.3, -0.25) is 4.79 Å². The molecule has 0 aliphatic carbocycles. The van der Waals surface area contributed by atoms with Gasteiger partial charge in [0.1, 0.15) is 5.75 Å². The SMILES string of the molecule is O=C(O)CCc1ccc(CCOc2ccccc2)cc1Cl. The average molecular weight is 305 g/mol. The van der Waals surface area contributed by atoms with Crippen molar-refractivity contribution in [1.82, 2.24) is 0 Å². The van der Waals surface area contributed by atoms with E-state index in [2.05, 4.69) is 0 Å². The first-order chi connectivity index (χ1) is 10.1. The van der Waals surface area contributed by atoms with Crippen LogP contribution in [0.15, 0.2) is 48.5 Å². The molecule has 2 aromatic carbocycles. The molecule has 0 aromatic heterocycles. The molecule has 0 bridgehead atoms. The number of carboxylic acids is 1. The van der Waals surface area contributed by atoms with Gasteiger partial charge < -0.3 is 9.84 Å². The Bertz CT molecular complexity index is 596. The zero-order valence-electron chi connectivity index (χ0n) is 11.6. The van der Waals surface area contributed by atoms with Crippen LogP contribution in [-0.4, -0.2) is 17.7 Å². The van der Waals surface area contributed by atoms with Crippen LogP contribution in [-0.2, 0) is 17.6 Å². The highest BCUT2D eigenvalue weighted by atomic mass is 35.5. The predicted octanol–water partition coefficient (Wildman–Crippen LogP) is 3.98. The van der Waals surface area contributed by atoms with Crippen LogP contribution >= 0.6 is 11.6 Å². The number of hydrogen-bond acceptors (Lipinski definition) is 2. The van der Waals surface area contributed by atoms with Gasteiger partial charge in [0.25, 0.3) is 0 Å². The Hall–Kier alpha value is -2.00. The molecule has 2 aromatic rings. The molecule has 1 N–H and O–H groups in total. The average Bonchev–Trinajstić information content (AvgIpc) is 2.47. The van der Waals surface area contributed by atoms with Crippen molar-refractivity contribution in [3.63, 3.8) is 0 Å². The lowest BCUT2D eigenvalue weighted by molar-refractivity contribution is -0.136. The maximum absolute atomic E-state index is 10.6. The van der Waals surface area contributed by atoms with Gasteiger partial charge in [-0.1, -0.05) is 41.9 Å². The van der Waals surface area contributed by atoms with Crippen LogP contribution in [0.3, 0.4) is 0 Å². The van der Waals surface area contributed by atoms with Gasteiger partial charge in [-0.25, -0.2) is 0 Å². The highest BCUT2D eigenvalue weighted by Crippen LogP contribution is 2.20. The second-order valence-electron chi connectivity index (χ2n) is 4.73. The molecule has 21 heavy (non-hydrogen) atoms. The molecule has 0 aliphatic rings. The molecule has 0 saturated heterocycles. The minimum absolute atomic E-state index is 0.0934. The van der Waals surface area contributed by atoms with Crippen molar-refractivity contribution in [3.8, 4) is 5.75 Å². The summed E-state index contributed by atoms with van der Waals surface area (Å²) in [6.07, 6.45) is 1.30. The normalized spacial score (nSPS) is 10.3. The van der Waals surface area contributed by atoms with Crippen molar-refractivity contribution in [2.24, 2.45) is 0 Å². The third kappa shape index (κ3) is 5.12. The Labute approximate surface area is 129 Å². The number of hydrogen-bond donors (Lipinski definition) is 1. The molecule has 0 heterocycles. The first kappa shape index (κ1) is 15.4. The van der Waals surface area contributed by atoms with Crippen molar-refractivity contribution in [3.05, 3.63) is 64.7 Å². The van der Waals surface area contributed by atoms with E-state index >= 15 is 0 Å². The van der Waals surface area contributed by atoms with E-state index < -0.39 is 5.97 Å². The molecule has 0 fully saturated rings. The molecule has 0 saturated carbocycles. The Balaban J connectivity index is 1.86. The number of carboxylic acid groups (broad SMARTS) is 1. The van der Waals surface area contributed by atoms with Gasteiger partial charge in [-0.2, -0.15) is 0 Å². The van der Waals surface area contributed by atoms with E-state index in [1.54, 1.807) is 0 Å². The molecule has 0 aliphatic heterocycles. The van der Waals surface area contributed by atoms with Crippen LogP contribution in [0.4, 0.5) is 0 Å². The summed E-state index contributed by atoms with van der Waals surface area (Å²) in [6.45, 7) is 0.578. The molecule has 0 atom stereocenters. The molecule has 0 amide bonds. The van der Waals surface area contributed by atoms with Crippen LogP contribution in [0.25, 0.3) is 0 Å². The van der Waals surface area contributed by atoms with Gasteiger partial charge in [-0.15, -0.1) is 0 Å². The van der Waals surface area contributed by atoms with Crippen LogP contribution in [0, 0.1) is 0 Å². The van der Waals surface area contributed by atoms with E-state index in [4.69, 9.17) is 21.4 Å². The van der Waals surface area contributed by atoms with E-state index in [1.807, 2.05) is 48.5 Å². The lowest BCUT2D eigenvalue weighted by atomic mass is 10.1. The van der Waals surface area contributed by atoms with E-state index in [9.17, 15) is 4.79 Å². The Morgan fingerprint density at radius 3 is 2.52 bits per heavy atom. The van der Waals surface area contributed by atoms with Crippen LogP contribution in [0.1, 0.15) is 17.5 Å². The van der Waals surface area contributed by atoms with Gasteiger partial charge in [-0.05, 0) is 35.7 Å². The summed E-state index contributed by atoms with van der Waals surface area (Å²) in [5.74, 6) is 0.0353. The first-order valence-corrected chi connectivity index (χ1v) is 7.20. The Kier molecular flexibility index (Phi) is 5.64. The minimum Gasteiger partial charge on any atom is -0.493 e. The Morgan fingerprint density at radius 2 is 1.86 bits per heavy atom. The largest absolute Gasteiger partial charge is 0.493 e. The summed E-state index contributed by atoms with van der Waals surface area (Å²) < 4.78 is 5.64. The van der Waals surface area contributed by atoms with Gasteiger partial charge in [0.2, 0.25) is 0 Å². The van der Waals surface area contributed by atoms with E-state index in [0.717, 1.165) is 23.3 Å². The number of carbonyl (C=O) groups is 1. The summed E-state index contributed by atoms with van der Waals surface area (Å²) in [4.78, 5) is 10.6. The molecular weight excluding hydrogens is 288 g/mol. The lowest BCUT2D eigenvalue weighted by Gasteiger charge is -2.08. The monoisotopic (exact) mass is 304 g/mol. The molecule has 0 spiro atoms. The van der Waals surface area contributed by atoms with Crippen molar-refractivity contribution in [2.45, 2.75) is 19.3 Å². The summed E-state index contributed by atoms with van der Waals surface area (Å²) >= 11 is 6.18. The van der Waals surface area contributed by atoms with E-state index in [-0.39, 0.29) is 6.42 Å². The number of benzene rings is 2. The molecule has 4 heteroatoms. The second kappa shape index (κ2) is 7.70. The molecule has 3 nitrogen and oxygen atoms in total. The predicted molar refractivity (Wildman–Crippen MR) is 83.0 cm³/mol. The van der Waals surface area contributed by atoms with E-state index in [1.165, 1.54) is 0 Å². The fraction of sp³-hybridized carbons (Fsp3) is 0.235. The maximum Gasteiger partial charge on any atom is 0.303 e. The topological polar surface area (TPSA) is 46.5 Å². The van der Waals surface area contributed by atoms with Crippen LogP contribution in [0.2, 0.25) is 5.02 Å². The minimum atomic E-state index is -0.814. The number of aryl methyl sites for hydroxylation is 1. The summed E-state index contributed by atoms with van der Waals surface area (Å²) in [6, 6.07) is 15.4. The lowest BCUT2D eigenvalue weighted by Crippen LogP contribution is -2.02. The highest BCUT2D eigenvalue weighted by Gasteiger charge is 2.05. The van der Waals surface area contributed by atoms with Gasteiger partial charge in [0, 0.05) is 17.9 Å². The fourth-order valence-corrected chi connectivity index (χ4v) is 2.29. The van der Waals surface area contributed by atoms with Crippen molar-refractivity contribution in [1.29, 1.82) is 0 Å². The first-order valence-electron chi connectivity index (χ1n) is 6.82. The third-order valence-electron chi connectivity index (χ3n) is 3.13. The van der Waals surface area contributed by atoms with Gasteiger partial charge in [0.05, 0.1) is 6.61 Å². The summed E-state index contributed by atoms with van der Waals surface area (Å²) in [5, 5.41) is 9.30. The maximum atomic E-state index is 10.6. The fourth-order valence-electron chi connectivity index (χ4n) is 1.99.